The van der Waals surface area contributed by atoms with Crippen molar-refractivity contribution in [2.45, 2.75) is 6.92 Å². The van der Waals surface area contributed by atoms with Crippen molar-refractivity contribution in [2.24, 2.45) is 0 Å². The molecule has 0 atom stereocenters. The third kappa shape index (κ3) is 1.90. The number of hydrogen-bond acceptors (Lipinski definition) is 4. The molecule has 0 aliphatic rings. The first kappa shape index (κ1) is 10.7. The lowest BCUT2D eigenvalue weighted by Crippen LogP contribution is -1.93. The molecular weight excluding hydrogens is 228 g/mol. The normalized spacial score (nSPS) is 10.7. The van der Waals surface area contributed by atoms with Gasteiger partial charge in [0.05, 0.1) is 12.1 Å². The standard InChI is InChI=1S/C13H12N4O/c1-2-18-11-4-3-10-13(16-11)17-12(15-10)9-5-7-14-8-6-9/h3-8H,2H2,1H3,(H,15,16,17). The van der Waals surface area contributed by atoms with E-state index in [0.717, 1.165) is 16.9 Å². The molecule has 0 aliphatic heterocycles. The van der Waals surface area contributed by atoms with Crippen LogP contribution in [0.4, 0.5) is 0 Å². The fourth-order valence-electron chi connectivity index (χ4n) is 1.75. The topological polar surface area (TPSA) is 63.7 Å². The summed E-state index contributed by atoms with van der Waals surface area (Å²) in [5.74, 6) is 1.38. The molecule has 0 aliphatic carbocycles. The molecule has 0 fully saturated rings. The predicted octanol–water partition coefficient (Wildman–Crippen LogP) is 2.42. The average molecular weight is 240 g/mol. The van der Waals surface area contributed by atoms with Gasteiger partial charge in [0.2, 0.25) is 5.88 Å². The molecule has 0 saturated heterocycles. The van der Waals surface area contributed by atoms with E-state index in [2.05, 4.69) is 19.9 Å². The number of hydrogen-bond donors (Lipinski definition) is 1. The summed E-state index contributed by atoms with van der Waals surface area (Å²) in [6.07, 6.45) is 3.48. The first-order valence-corrected chi connectivity index (χ1v) is 5.77. The van der Waals surface area contributed by atoms with Crippen molar-refractivity contribution in [1.29, 1.82) is 0 Å². The molecule has 0 radical (unpaired) electrons. The maximum atomic E-state index is 5.35. The Balaban J connectivity index is 2.06. The number of aromatic amines is 1. The summed E-state index contributed by atoms with van der Waals surface area (Å²) in [6, 6.07) is 7.56. The van der Waals surface area contributed by atoms with Crippen LogP contribution in [0, 0.1) is 0 Å². The van der Waals surface area contributed by atoms with Gasteiger partial charge in [0, 0.05) is 24.0 Å². The minimum absolute atomic E-state index is 0.595. The molecule has 0 unspecified atom stereocenters. The van der Waals surface area contributed by atoms with Crippen LogP contribution in [0.2, 0.25) is 0 Å². The van der Waals surface area contributed by atoms with Gasteiger partial charge in [-0.3, -0.25) is 4.98 Å². The second-order valence-corrected chi connectivity index (χ2v) is 3.77. The van der Waals surface area contributed by atoms with Gasteiger partial charge in [-0.1, -0.05) is 0 Å². The summed E-state index contributed by atoms with van der Waals surface area (Å²) >= 11 is 0. The highest BCUT2D eigenvalue weighted by atomic mass is 16.5. The van der Waals surface area contributed by atoms with E-state index < -0.39 is 0 Å². The number of H-pyrrole nitrogens is 1. The van der Waals surface area contributed by atoms with E-state index in [4.69, 9.17) is 4.74 Å². The minimum atomic E-state index is 0.595. The Kier molecular flexibility index (Phi) is 2.64. The molecule has 3 heterocycles. The van der Waals surface area contributed by atoms with Gasteiger partial charge in [0.1, 0.15) is 5.82 Å². The van der Waals surface area contributed by atoms with Crippen molar-refractivity contribution >= 4 is 11.2 Å². The van der Waals surface area contributed by atoms with Gasteiger partial charge >= 0.3 is 0 Å². The Bertz CT molecular complexity index is 663. The number of aromatic nitrogens is 4. The number of pyridine rings is 2. The maximum absolute atomic E-state index is 5.35. The van der Waals surface area contributed by atoms with E-state index in [1.165, 1.54) is 0 Å². The van der Waals surface area contributed by atoms with Crippen LogP contribution in [-0.4, -0.2) is 26.5 Å². The van der Waals surface area contributed by atoms with Crippen molar-refractivity contribution in [3.63, 3.8) is 0 Å². The summed E-state index contributed by atoms with van der Waals surface area (Å²) in [5.41, 5.74) is 2.54. The quantitative estimate of drug-likeness (QED) is 0.763. The summed E-state index contributed by atoms with van der Waals surface area (Å²) in [6.45, 7) is 2.53. The number of ether oxygens (including phenoxy) is 1. The third-order valence-electron chi connectivity index (χ3n) is 2.57. The van der Waals surface area contributed by atoms with Gasteiger partial charge in [-0.25, -0.2) is 4.98 Å². The number of imidazole rings is 1. The SMILES string of the molecule is CCOc1ccc2[nH]c(-c3ccncc3)nc2n1. The molecule has 5 heteroatoms. The van der Waals surface area contributed by atoms with Crippen molar-refractivity contribution < 1.29 is 4.74 Å². The number of rotatable bonds is 3. The highest BCUT2D eigenvalue weighted by Crippen LogP contribution is 2.20. The zero-order chi connectivity index (χ0) is 12.4. The predicted molar refractivity (Wildman–Crippen MR) is 68.3 cm³/mol. The second-order valence-electron chi connectivity index (χ2n) is 3.77. The fourth-order valence-corrected chi connectivity index (χ4v) is 1.75. The largest absolute Gasteiger partial charge is 0.478 e. The van der Waals surface area contributed by atoms with Crippen molar-refractivity contribution in [3.8, 4) is 17.3 Å². The van der Waals surface area contributed by atoms with Crippen molar-refractivity contribution in [2.75, 3.05) is 6.61 Å². The van der Waals surface area contributed by atoms with E-state index in [1.54, 1.807) is 12.4 Å². The Morgan fingerprint density at radius 2 is 1.94 bits per heavy atom. The molecule has 0 aromatic carbocycles. The molecule has 1 N–H and O–H groups in total. The molecule has 0 bridgehead atoms. The van der Waals surface area contributed by atoms with E-state index in [1.807, 2.05) is 31.2 Å². The van der Waals surface area contributed by atoms with Gasteiger partial charge in [0.25, 0.3) is 0 Å². The molecular formula is C13H12N4O. The average Bonchev–Trinajstić information content (AvgIpc) is 2.83. The van der Waals surface area contributed by atoms with E-state index in [-0.39, 0.29) is 0 Å². The van der Waals surface area contributed by atoms with E-state index in [9.17, 15) is 0 Å². The monoisotopic (exact) mass is 240 g/mol. The molecule has 0 amide bonds. The minimum Gasteiger partial charge on any atom is -0.478 e. The van der Waals surface area contributed by atoms with Gasteiger partial charge in [-0.2, -0.15) is 4.98 Å². The van der Waals surface area contributed by atoms with Gasteiger partial charge in [0.15, 0.2) is 5.65 Å². The van der Waals surface area contributed by atoms with Crippen LogP contribution >= 0.6 is 0 Å². The van der Waals surface area contributed by atoms with Crippen molar-refractivity contribution in [3.05, 3.63) is 36.7 Å². The zero-order valence-electron chi connectivity index (χ0n) is 9.92. The number of nitrogens with one attached hydrogen (secondary N) is 1. The van der Waals surface area contributed by atoms with Crippen LogP contribution in [0.3, 0.4) is 0 Å². The van der Waals surface area contributed by atoms with Gasteiger partial charge < -0.3 is 9.72 Å². The van der Waals surface area contributed by atoms with Crippen LogP contribution in [0.5, 0.6) is 5.88 Å². The summed E-state index contributed by atoms with van der Waals surface area (Å²) in [5, 5.41) is 0. The first-order chi connectivity index (χ1) is 8.86. The van der Waals surface area contributed by atoms with Crippen LogP contribution in [-0.2, 0) is 0 Å². The molecule has 18 heavy (non-hydrogen) atoms. The zero-order valence-corrected chi connectivity index (χ0v) is 9.92. The Labute approximate surface area is 104 Å². The maximum Gasteiger partial charge on any atom is 0.215 e. The van der Waals surface area contributed by atoms with Gasteiger partial charge in [-0.05, 0) is 25.1 Å². The van der Waals surface area contributed by atoms with Gasteiger partial charge in [-0.15, -0.1) is 0 Å². The lowest BCUT2D eigenvalue weighted by atomic mass is 10.3. The number of fused-ring (bicyclic) bond motifs is 1. The third-order valence-corrected chi connectivity index (χ3v) is 2.57. The lowest BCUT2D eigenvalue weighted by Gasteiger charge is -1.99. The van der Waals surface area contributed by atoms with Crippen molar-refractivity contribution in [1.82, 2.24) is 19.9 Å². The van der Waals surface area contributed by atoms with Crippen LogP contribution in [0.25, 0.3) is 22.6 Å². The molecule has 90 valence electrons. The molecule has 0 spiro atoms. The molecule has 3 rings (SSSR count). The summed E-state index contributed by atoms with van der Waals surface area (Å²) < 4.78 is 5.35. The van der Waals surface area contributed by atoms with E-state index >= 15 is 0 Å². The lowest BCUT2D eigenvalue weighted by molar-refractivity contribution is 0.328. The second kappa shape index (κ2) is 4.44. The highest BCUT2D eigenvalue weighted by molar-refractivity contribution is 5.76. The highest BCUT2D eigenvalue weighted by Gasteiger charge is 2.07. The number of nitrogens with zero attached hydrogens (tertiary/aromatic N) is 3. The van der Waals surface area contributed by atoms with Crippen LogP contribution in [0.1, 0.15) is 6.92 Å². The Morgan fingerprint density at radius 3 is 2.72 bits per heavy atom. The van der Waals surface area contributed by atoms with Crippen LogP contribution < -0.4 is 4.74 Å². The fraction of sp³-hybridized carbons (Fsp3) is 0.154. The summed E-state index contributed by atoms with van der Waals surface area (Å²) in [7, 11) is 0. The molecule has 0 saturated carbocycles. The smallest absolute Gasteiger partial charge is 0.215 e. The first-order valence-electron chi connectivity index (χ1n) is 5.77. The summed E-state index contributed by atoms with van der Waals surface area (Å²) in [4.78, 5) is 16.0. The Hall–Kier alpha value is -2.43. The van der Waals surface area contributed by atoms with Crippen LogP contribution in [0.15, 0.2) is 36.7 Å². The molecule has 5 nitrogen and oxygen atoms in total. The molecule has 3 aromatic heterocycles. The molecule has 3 aromatic rings. The van der Waals surface area contributed by atoms with E-state index in [0.29, 0.717) is 18.1 Å². The Morgan fingerprint density at radius 1 is 1.11 bits per heavy atom.